The number of carboxylic acid groups (broad SMARTS) is 1. The summed E-state index contributed by atoms with van der Waals surface area (Å²) in [6, 6.07) is 1.56. The molecule has 0 aliphatic carbocycles. The molecule has 17 heavy (non-hydrogen) atoms. The van der Waals surface area contributed by atoms with Crippen LogP contribution in [0.1, 0.15) is 16.9 Å². The fourth-order valence-electron chi connectivity index (χ4n) is 0.987. The van der Waals surface area contributed by atoms with Crippen molar-refractivity contribution in [1.82, 2.24) is 15.5 Å². The zero-order valence-corrected chi connectivity index (χ0v) is 9.31. The normalized spacial score (nSPS) is 11.3. The van der Waals surface area contributed by atoms with E-state index in [9.17, 15) is 9.59 Å². The van der Waals surface area contributed by atoms with Crippen LogP contribution in [0.3, 0.4) is 0 Å². The molecule has 1 atom stereocenters. The first-order valence-electron chi connectivity index (χ1n) is 4.51. The maximum Gasteiger partial charge on any atom is 0.327 e. The Labute approximate surface area is 102 Å². The molecule has 0 aliphatic rings. The zero-order chi connectivity index (χ0) is 12.8. The molecule has 0 radical (unpaired) electrons. The van der Waals surface area contributed by atoms with Crippen LogP contribution in [0.4, 0.5) is 0 Å². The largest absolute Gasteiger partial charge is 0.480 e. The summed E-state index contributed by atoms with van der Waals surface area (Å²) >= 11 is 5.50. The van der Waals surface area contributed by atoms with E-state index >= 15 is 0 Å². The standard InChI is InChI=1S/C10H8ClN3O3/c1-2-3-7(10(16)17)12-9(15)6-4-5-8(11)14-13-6/h1,4-5,7H,3H2,(H,12,15)(H,16,17). The van der Waals surface area contributed by atoms with E-state index in [-0.39, 0.29) is 17.3 Å². The summed E-state index contributed by atoms with van der Waals surface area (Å²) in [5.41, 5.74) is -0.0299. The van der Waals surface area contributed by atoms with Crippen LogP contribution < -0.4 is 5.32 Å². The van der Waals surface area contributed by atoms with E-state index in [2.05, 4.69) is 21.4 Å². The Balaban J connectivity index is 2.74. The summed E-state index contributed by atoms with van der Waals surface area (Å²) in [5, 5.41) is 18.1. The fourth-order valence-corrected chi connectivity index (χ4v) is 1.09. The Morgan fingerprint density at radius 2 is 2.24 bits per heavy atom. The minimum atomic E-state index is -1.21. The first-order chi connectivity index (χ1) is 8.04. The summed E-state index contributed by atoms with van der Waals surface area (Å²) in [5.74, 6) is 0.283. The zero-order valence-electron chi connectivity index (χ0n) is 8.55. The van der Waals surface area contributed by atoms with Crippen LogP contribution in [0, 0.1) is 12.3 Å². The van der Waals surface area contributed by atoms with Gasteiger partial charge in [0.2, 0.25) is 0 Å². The molecule has 1 heterocycles. The van der Waals surface area contributed by atoms with Gasteiger partial charge in [-0.1, -0.05) is 11.6 Å². The highest BCUT2D eigenvalue weighted by Gasteiger charge is 2.20. The third kappa shape index (κ3) is 3.74. The highest BCUT2D eigenvalue weighted by atomic mass is 35.5. The maximum atomic E-state index is 11.6. The molecule has 0 fully saturated rings. The maximum absolute atomic E-state index is 11.6. The third-order valence-corrected chi connectivity index (χ3v) is 1.99. The second-order valence-corrected chi connectivity index (χ2v) is 3.40. The van der Waals surface area contributed by atoms with Gasteiger partial charge in [-0.05, 0) is 12.1 Å². The molecule has 1 amide bonds. The molecule has 0 saturated carbocycles. The second-order valence-electron chi connectivity index (χ2n) is 3.01. The van der Waals surface area contributed by atoms with Crippen LogP contribution >= 0.6 is 11.6 Å². The molecule has 0 bridgehead atoms. The number of nitrogens with one attached hydrogen (secondary N) is 1. The number of carboxylic acids is 1. The first-order valence-corrected chi connectivity index (χ1v) is 4.88. The number of hydrogen-bond donors (Lipinski definition) is 2. The van der Waals surface area contributed by atoms with Crippen molar-refractivity contribution in [2.45, 2.75) is 12.5 Å². The lowest BCUT2D eigenvalue weighted by Crippen LogP contribution is -2.40. The van der Waals surface area contributed by atoms with Crippen molar-refractivity contribution in [2.24, 2.45) is 0 Å². The van der Waals surface area contributed by atoms with Crippen molar-refractivity contribution < 1.29 is 14.7 Å². The van der Waals surface area contributed by atoms with E-state index in [0.717, 1.165) is 0 Å². The van der Waals surface area contributed by atoms with Crippen molar-refractivity contribution in [3.05, 3.63) is 23.0 Å². The molecular formula is C10H8ClN3O3. The van der Waals surface area contributed by atoms with Crippen LogP contribution in [-0.2, 0) is 4.79 Å². The van der Waals surface area contributed by atoms with Gasteiger partial charge in [0.25, 0.3) is 5.91 Å². The fraction of sp³-hybridized carbons (Fsp3) is 0.200. The van der Waals surface area contributed by atoms with Gasteiger partial charge in [-0.2, -0.15) is 0 Å². The predicted molar refractivity (Wildman–Crippen MR) is 59.4 cm³/mol. The molecule has 0 aliphatic heterocycles. The van der Waals surface area contributed by atoms with Gasteiger partial charge in [-0.25, -0.2) is 4.79 Å². The van der Waals surface area contributed by atoms with Gasteiger partial charge >= 0.3 is 5.97 Å². The predicted octanol–water partition coefficient (Wildman–Crippen LogP) is 0.336. The van der Waals surface area contributed by atoms with Gasteiger partial charge in [0, 0.05) is 6.42 Å². The third-order valence-electron chi connectivity index (χ3n) is 1.79. The Morgan fingerprint density at radius 1 is 1.53 bits per heavy atom. The highest BCUT2D eigenvalue weighted by molar-refractivity contribution is 6.29. The SMILES string of the molecule is C#CCC(NC(=O)c1ccc(Cl)nn1)C(=O)O. The van der Waals surface area contributed by atoms with E-state index in [4.69, 9.17) is 23.1 Å². The molecule has 1 unspecified atom stereocenters. The van der Waals surface area contributed by atoms with Gasteiger partial charge in [-0.3, -0.25) is 4.79 Å². The highest BCUT2D eigenvalue weighted by Crippen LogP contribution is 2.02. The Morgan fingerprint density at radius 3 is 2.71 bits per heavy atom. The topological polar surface area (TPSA) is 92.2 Å². The monoisotopic (exact) mass is 253 g/mol. The van der Waals surface area contributed by atoms with Crippen molar-refractivity contribution in [2.75, 3.05) is 0 Å². The number of hydrogen-bond acceptors (Lipinski definition) is 4. The molecule has 7 heteroatoms. The lowest BCUT2D eigenvalue weighted by Gasteiger charge is -2.10. The quantitative estimate of drug-likeness (QED) is 0.755. The number of aliphatic carboxylic acids is 1. The van der Waals surface area contributed by atoms with Gasteiger partial charge < -0.3 is 10.4 Å². The van der Waals surface area contributed by atoms with Crippen LogP contribution in [0.5, 0.6) is 0 Å². The first kappa shape index (κ1) is 12.9. The van der Waals surface area contributed by atoms with Crippen molar-refractivity contribution in [1.29, 1.82) is 0 Å². The lowest BCUT2D eigenvalue weighted by molar-refractivity contribution is -0.139. The summed E-state index contributed by atoms with van der Waals surface area (Å²) in [4.78, 5) is 22.3. The number of nitrogens with zero attached hydrogens (tertiary/aromatic N) is 2. The molecule has 1 aromatic rings. The summed E-state index contributed by atoms with van der Waals surface area (Å²) in [6.07, 6.45) is 4.88. The minimum Gasteiger partial charge on any atom is -0.480 e. The van der Waals surface area contributed by atoms with E-state index in [1.807, 2.05) is 0 Å². The van der Waals surface area contributed by atoms with E-state index in [0.29, 0.717) is 0 Å². The molecule has 88 valence electrons. The molecule has 6 nitrogen and oxygen atoms in total. The Hall–Kier alpha value is -2.13. The van der Waals surface area contributed by atoms with Crippen molar-refractivity contribution in [3.8, 4) is 12.3 Å². The number of terminal acetylenes is 1. The van der Waals surface area contributed by atoms with Gasteiger partial charge in [-0.15, -0.1) is 22.5 Å². The van der Waals surface area contributed by atoms with Gasteiger partial charge in [0.1, 0.15) is 6.04 Å². The van der Waals surface area contributed by atoms with E-state index in [1.54, 1.807) is 0 Å². The Kier molecular flexibility index (Phi) is 4.43. The number of amides is 1. The van der Waals surface area contributed by atoms with Crippen LogP contribution in [-0.4, -0.2) is 33.2 Å². The number of carbonyl (C=O) groups excluding carboxylic acids is 1. The minimum absolute atomic E-state index is 0.0299. The van der Waals surface area contributed by atoms with E-state index in [1.165, 1.54) is 12.1 Å². The lowest BCUT2D eigenvalue weighted by atomic mass is 10.2. The average Bonchev–Trinajstić information content (AvgIpc) is 2.29. The number of aromatic nitrogens is 2. The Bertz CT molecular complexity index is 467. The molecule has 1 aromatic heterocycles. The summed E-state index contributed by atoms with van der Waals surface area (Å²) in [7, 11) is 0. The molecule has 0 spiro atoms. The van der Waals surface area contributed by atoms with Crippen LogP contribution in [0.2, 0.25) is 5.15 Å². The number of carbonyl (C=O) groups is 2. The summed E-state index contributed by atoms with van der Waals surface area (Å²) in [6.45, 7) is 0. The van der Waals surface area contributed by atoms with Crippen molar-refractivity contribution in [3.63, 3.8) is 0 Å². The smallest absolute Gasteiger partial charge is 0.327 e. The molecule has 0 saturated heterocycles. The number of rotatable bonds is 4. The summed E-state index contributed by atoms with van der Waals surface area (Å²) < 4.78 is 0. The average molecular weight is 254 g/mol. The van der Waals surface area contributed by atoms with Crippen LogP contribution in [0.15, 0.2) is 12.1 Å². The van der Waals surface area contributed by atoms with Crippen molar-refractivity contribution >= 4 is 23.5 Å². The van der Waals surface area contributed by atoms with Gasteiger partial charge in [0.15, 0.2) is 10.8 Å². The molecule has 0 aromatic carbocycles. The molecule has 1 rings (SSSR count). The van der Waals surface area contributed by atoms with Gasteiger partial charge in [0.05, 0.1) is 0 Å². The molecular weight excluding hydrogens is 246 g/mol. The van der Waals surface area contributed by atoms with E-state index < -0.39 is 17.9 Å². The molecule has 2 N–H and O–H groups in total. The number of halogens is 1. The van der Waals surface area contributed by atoms with Crippen LogP contribution in [0.25, 0.3) is 0 Å². The second kappa shape index (κ2) is 5.82.